The largest absolute Gasteiger partial charge is 0.501 e. The predicted octanol–water partition coefficient (Wildman–Crippen LogP) is 7.58. The van der Waals surface area contributed by atoms with Gasteiger partial charge in [0.1, 0.15) is 0 Å². The summed E-state index contributed by atoms with van der Waals surface area (Å²) < 4.78 is 37.7. The normalized spacial score (nSPS) is 13.6. The van der Waals surface area contributed by atoms with E-state index in [0.717, 1.165) is 36.4 Å². The van der Waals surface area contributed by atoms with Crippen LogP contribution in [0.15, 0.2) is 0 Å². The van der Waals surface area contributed by atoms with E-state index >= 15 is 0 Å². The summed E-state index contributed by atoms with van der Waals surface area (Å²) in [5.74, 6) is 2.08. The average molecular weight is 559 g/mol. The Morgan fingerprint density at radius 2 is 0.618 bits per heavy atom. The maximum absolute atomic E-state index is 6.28. The average Bonchev–Trinajstić information content (AvgIpc) is 2.60. The SMILES string of the molecule is CC(C)O[Si](CCCSSCCC[Si](OC(C)C)(OC(C)C)OC(C)C)(OC(C)C)OC(C)C. The molecule has 0 saturated heterocycles. The molecule has 0 N–H and O–H groups in total. The van der Waals surface area contributed by atoms with Crippen LogP contribution in [0.2, 0.25) is 12.1 Å². The predicted molar refractivity (Wildman–Crippen MR) is 153 cm³/mol. The zero-order valence-electron chi connectivity index (χ0n) is 24.0. The van der Waals surface area contributed by atoms with E-state index in [1.165, 1.54) is 0 Å². The van der Waals surface area contributed by atoms with Crippen LogP contribution < -0.4 is 0 Å². The molecule has 6 nitrogen and oxygen atoms in total. The molecule has 0 saturated carbocycles. The number of rotatable bonds is 21. The summed E-state index contributed by atoms with van der Waals surface area (Å²) in [5, 5.41) is 0. The van der Waals surface area contributed by atoms with Crippen molar-refractivity contribution in [1.29, 1.82) is 0 Å². The first kappa shape index (κ1) is 34.9. The molecule has 0 aromatic heterocycles. The minimum atomic E-state index is -2.70. The quantitative estimate of drug-likeness (QED) is 0.0812. The van der Waals surface area contributed by atoms with E-state index in [4.69, 9.17) is 26.6 Å². The second-order valence-electron chi connectivity index (χ2n) is 10.2. The third-order valence-corrected chi connectivity index (χ3v) is 13.5. The first-order valence-corrected chi connectivity index (χ1v) is 19.4. The van der Waals surface area contributed by atoms with Crippen LogP contribution in [-0.2, 0) is 26.6 Å². The number of hydrogen-bond acceptors (Lipinski definition) is 8. The minimum Gasteiger partial charge on any atom is -0.371 e. The molecular formula is C24H54O6S2Si2. The lowest BCUT2D eigenvalue weighted by Crippen LogP contribution is -2.50. The molecule has 0 heterocycles. The van der Waals surface area contributed by atoms with Gasteiger partial charge in [0.05, 0.1) is 0 Å². The highest BCUT2D eigenvalue weighted by molar-refractivity contribution is 8.76. The van der Waals surface area contributed by atoms with E-state index < -0.39 is 17.6 Å². The van der Waals surface area contributed by atoms with Crippen LogP contribution in [0.1, 0.15) is 95.9 Å². The van der Waals surface area contributed by atoms with Gasteiger partial charge >= 0.3 is 17.6 Å². The van der Waals surface area contributed by atoms with E-state index in [-0.39, 0.29) is 36.6 Å². The summed E-state index contributed by atoms with van der Waals surface area (Å²) >= 11 is 0. The summed E-state index contributed by atoms with van der Waals surface area (Å²) in [5.41, 5.74) is 0. The van der Waals surface area contributed by atoms with Gasteiger partial charge in [0.2, 0.25) is 0 Å². The molecule has 0 aromatic rings. The molecule has 0 aromatic carbocycles. The van der Waals surface area contributed by atoms with Crippen LogP contribution >= 0.6 is 21.6 Å². The summed E-state index contributed by atoms with van der Waals surface area (Å²) in [6.45, 7) is 24.6. The van der Waals surface area contributed by atoms with Gasteiger partial charge < -0.3 is 26.6 Å². The highest BCUT2D eigenvalue weighted by Crippen LogP contribution is 2.30. The van der Waals surface area contributed by atoms with E-state index in [9.17, 15) is 0 Å². The van der Waals surface area contributed by atoms with E-state index in [1.807, 2.05) is 21.6 Å². The zero-order valence-corrected chi connectivity index (χ0v) is 27.6. The van der Waals surface area contributed by atoms with Crippen molar-refractivity contribution in [3.63, 3.8) is 0 Å². The molecule has 0 rings (SSSR count). The Kier molecular flexibility index (Phi) is 18.7. The molecule has 34 heavy (non-hydrogen) atoms. The van der Waals surface area contributed by atoms with Crippen molar-refractivity contribution in [2.75, 3.05) is 11.5 Å². The molecular weight excluding hydrogens is 505 g/mol. The second-order valence-corrected chi connectivity index (χ2v) is 18.1. The van der Waals surface area contributed by atoms with Gasteiger partial charge in [-0.25, -0.2) is 0 Å². The highest BCUT2D eigenvalue weighted by Gasteiger charge is 2.44. The lowest BCUT2D eigenvalue weighted by Gasteiger charge is -2.34. The summed E-state index contributed by atoms with van der Waals surface area (Å²) in [7, 11) is -1.58. The first-order chi connectivity index (χ1) is 15.7. The van der Waals surface area contributed by atoms with Crippen molar-refractivity contribution in [2.24, 2.45) is 0 Å². The van der Waals surface area contributed by atoms with Gasteiger partial charge in [0, 0.05) is 60.2 Å². The van der Waals surface area contributed by atoms with Gasteiger partial charge in [-0.1, -0.05) is 21.6 Å². The Balaban J connectivity index is 4.67. The molecule has 0 radical (unpaired) electrons. The van der Waals surface area contributed by atoms with Gasteiger partial charge in [0.25, 0.3) is 0 Å². The Morgan fingerprint density at radius 1 is 0.412 bits per heavy atom. The molecule has 0 amide bonds. The van der Waals surface area contributed by atoms with Crippen LogP contribution in [-0.4, -0.2) is 65.7 Å². The summed E-state index contributed by atoms with van der Waals surface area (Å²) in [4.78, 5) is 0. The van der Waals surface area contributed by atoms with E-state index in [1.54, 1.807) is 0 Å². The maximum atomic E-state index is 6.28. The lowest BCUT2D eigenvalue weighted by molar-refractivity contribution is 0.00200. The van der Waals surface area contributed by atoms with Crippen LogP contribution in [0, 0.1) is 0 Å². The molecule has 206 valence electrons. The third-order valence-electron chi connectivity index (χ3n) is 4.00. The molecule has 0 atom stereocenters. The molecule has 0 unspecified atom stereocenters. The Morgan fingerprint density at radius 3 is 0.794 bits per heavy atom. The molecule has 0 bridgehead atoms. The van der Waals surface area contributed by atoms with Gasteiger partial charge in [0.15, 0.2) is 0 Å². The van der Waals surface area contributed by atoms with Gasteiger partial charge in [-0.05, 0) is 95.9 Å². The second kappa shape index (κ2) is 18.2. The van der Waals surface area contributed by atoms with E-state index in [2.05, 4.69) is 83.1 Å². The fraction of sp³-hybridized carbons (Fsp3) is 1.00. The first-order valence-electron chi connectivity index (χ1n) is 13.0. The third kappa shape index (κ3) is 17.4. The van der Waals surface area contributed by atoms with Gasteiger partial charge in [-0.2, -0.15) is 0 Å². The topological polar surface area (TPSA) is 55.4 Å². The molecule has 0 aliphatic carbocycles. The molecule has 0 aliphatic rings. The van der Waals surface area contributed by atoms with Crippen molar-refractivity contribution >= 4 is 39.2 Å². The Labute approximate surface area is 221 Å². The number of hydrogen-bond donors (Lipinski definition) is 0. The van der Waals surface area contributed by atoms with Gasteiger partial charge in [-0.15, -0.1) is 0 Å². The smallest absolute Gasteiger partial charge is 0.371 e. The van der Waals surface area contributed by atoms with Crippen LogP contribution in [0.3, 0.4) is 0 Å². The Bertz CT molecular complexity index is 411. The summed E-state index contributed by atoms with van der Waals surface area (Å²) in [6, 6.07) is 1.69. The monoisotopic (exact) mass is 558 g/mol. The standard InChI is InChI=1S/C24H54O6S2Si2/c1-19(2)25-33(26-20(3)4,27-21(5)6)17-13-15-31-32-16-14-18-34(28-22(7)8,29-23(9)10)30-24(11)12/h19-24H,13-18H2,1-12H3. The highest BCUT2D eigenvalue weighted by atomic mass is 33.1. The lowest BCUT2D eigenvalue weighted by atomic mass is 10.5. The van der Waals surface area contributed by atoms with E-state index in [0.29, 0.717) is 0 Å². The molecule has 0 spiro atoms. The Hall–Kier alpha value is 0.894. The fourth-order valence-electron chi connectivity index (χ4n) is 3.49. The van der Waals surface area contributed by atoms with Gasteiger partial charge in [-0.3, -0.25) is 0 Å². The molecule has 10 heteroatoms. The van der Waals surface area contributed by atoms with Crippen molar-refractivity contribution in [1.82, 2.24) is 0 Å². The molecule has 0 fully saturated rings. The minimum absolute atomic E-state index is 0.0878. The van der Waals surface area contributed by atoms with Crippen molar-refractivity contribution < 1.29 is 26.6 Å². The van der Waals surface area contributed by atoms with Crippen LogP contribution in [0.25, 0.3) is 0 Å². The van der Waals surface area contributed by atoms with Crippen molar-refractivity contribution in [3.8, 4) is 0 Å². The van der Waals surface area contributed by atoms with Crippen LogP contribution in [0.4, 0.5) is 0 Å². The maximum Gasteiger partial charge on any atom is 0.501 e. The summed E-state index contributed by atoms with van der Waals surface area (Å²) in [6.07, 6.45) is 2.55. The molecule has 0 aliphatic heterocycles. The van der Waals surface area contributed by atoms with Crippen molar-refractivity contribution in [2.45, 2.75) is 145 Å². The van der Waals surface area contributed by atoms with Crippen LogP contribution in [0.5, 0.6) is 0 Å². The van der Waals surface area contributed by atoms with Crippen molar-refractivity contribution in [3.05, 3.63) is 0 Å². The zero-order chi connectivity index (χ0) is 26.4. The fourth-order valence-corrected chi connectivity index (χ4v) is 12.7.